The van der Waals surface area contributed by atoms with Gasteiger partial charge >= 0.3 is 0 Å². The van der Waals surface area contributed by atoms with E-state index < -0.39 is 10.0 Å². The maximum Gasteiger partial charge on any atom is 0.261 e. The number of sulfonamides is 1. The summed E-state index contributed by atoms with van der Waals surface area (Å²) in [6.45, 7) is 2.04. The molecule has 0 radical (unpaired) electrons. The van der Waals surface area contributed by atoms with Crippen LogP contribution in [-0.2, 0) is 27.9 Å². The molecule has 8 heteroatoms. The normalized spacial score (nSPS) is 18.4. The molecule has 0 aliphatic carbocycles. The number of methoxy groups -OCH3 is 1. The average Bonchev–Trinajstić information content (AvgIpc) is 2.99. The number of piperidine rings is 1. The molecular formula is C27H29N3O4S. The minimum atomic E-state index is -3.72. The van der Waals surface area contributed by atoms with Crippen molar-refractivity contribution >= 4 is 27.3 Å². The van der Waals surface area contributed by atoms with Gasteiger partial charge in [0, 0.05) is 23.9 Å². The Kier molecular flexibility index (Phi) is 6.49. The smallest absolute Gasteiger partial charge is 0.261 e. The van der Waals surface area contributed by atoms with Gasteiger partial charge in [0.05, 0.1) is 30.3 Å². The second kappa shape index (κ2) is 9.71. The first-order valence-electron chi connectivity index (χ1n) is 11.8. The monoisotopic (exact) mass is 491 g/mol. The summed E-state index contributed by atoms with van der Waals surface area (Å²) in [7, 11) is -2.17. The molecule has 2 heterocycles. The van der Waals surface area contributed by atoms with Crippen molar-refractivity contribution in [1.82, 2.24) is 4.90 Å². The molecule has 1 saturated heterocycles. The summed E-state index contributed by atoms with van der Waals surface area (Å²) in [4.78, 5) is 18.0. The molecule has 7 nitrogen and oxygen atoms in total. The molecule has 0 bridgehead atoms. The van der Waals surface area contributed by atoms with Gasteiger partial charge in [0.2, 0.25) is 5.91 Å². The average molecular weight is 492 g/mol. The van der Waals surface area contributed by atoms with E-state index >= 15 is 0 Å². The van der Waals surface area contributed by atoms with E-state index in [9.17, 15) is 13.2 Å². The molecule has 5 rings (SSSR count). The Hall–Kier alpha value is -3.36. The number of hydrogen-bond acceptors (Lipinski definition) is 5. The summed E-state index contributed by atoms with van der Waals surface area (Å²) in [6, 6.07) is 21.4. The maximum absolute atomic E-state index is 13.7. The fourth-order valence-corrected chi connectivity index (χ4v) is 6.04. The zero-order valence-electron chi connectivity index (χ0n) is 19.7. The highest BCUT2D eigenvalue weighted by Crippen LogP contribution is 2.34. The summed E-state index contributed by atoms with van der Waals surface area (Å²) in [6.07, 6.45) is 3.03. The first-order valence-corrected chi connectivity index (χ1v) is 13.3. The number of hydrogen-bond donors (Lipinski definition) is 1. The number of benzene rings is 3. The van der Waals surface area contributed by atoms with Gasteiger partial charge in [-0.05, 0) is 49.2 Å². The lowest BCUT2D eigenvalue weighted by Gasteiger charge is -2.34. The van der Waals surface area contributed by atoms with Crippen LogP contribution in [0.1, 0.15) is 30.4 Å². The second-order valence-corrected chi connectivity index (χ2v) is 10.7. The molecule has 0 saturated carbocycles. The van der Waals surface area contributed by atoms with Crippen LogP contribution in [0.5, 0.6) is 5.75 Å². The van der Waals surface area contributed by atoms with Gasteiger partial charge in [-0.1, -0.05) is 48.9 Å². The third kappa shape index (κ3) is 4.76. The first-order chi connectivity index (χ1) is 17.0. The molecule has 0 spiro atoms. The molecule has 1 amide bonds. The number of anilines is 2. The van der Waals surface area contributed by atoms with Crippen molar-refractivity contribution in [2.75, 3.05) is 23.3 Å². The van der Waals surface area contributed by atoms with Crippen molar-refractivity contribution in [3.8, 4) is 5.75 Å². The molecule has 3 aromatic rings. The van der Waals surface area contributed by atoms with Gasteiger partial charge < -0.3 is 9.64 Å². The third-order valence-electron chi connectivity index (χ3n) is 6.74. The van der Waals surface area contributed by atoms with E-state index in [4.69, 9.17) is 4.74 Å². The van der Waals surface area contributed by atoms with E-state index in [0.717, 1.165) is 49.2 Å². The number of fused-ring (bicyclic) bond motifs is 2. The van der Waals surface area contributed by atoms with E-state index in [-0.39, 0.29) is 16.8 Å². The molecule has 2 aliphatic rings. The number of nitrogens with zero attached hydrogens (tertiary/aromatic N) is 2. The van der Waals surface area contributed by atoms with Crippen molar-refractivity contribution in [3.05, 3.63) is 83.9 Å². The summed E-state index contributed by atoms with van der Waals surface area (Å²) in [5, 5.41) is 0. The van der Waals surface area contributed by atoms with Crippen molar-refractivity contribution in [2.45, 2.75) is 43.3 Å². The van der Waals surface area contributed by atoms with Crippen molar-refractivity contribution in [1.29, 1.82) is 0 Å². The maximum atomic E-state index is 13.7. The fourth-order valence-electron chi connectivity index (χ4n) is 4.97. The Morgan fingerprint density at radius 3 is 2.57 bits per heavy atom. The van der Waals surface area contributed by atoms with Crippen molar-refractivity contribution in [2.24, 2.45) is 0 Å². The van der Waals surface area contributed by atoms with Crippen molar-refractivity contribution in [3.63, 3.8) is 0 Å². The molecule has 35 heavy (non-hydrogen) atoms. The molecule has 0 aromatic heterocycles. The summed E-state index contributed by atoms with van der Waals surface area (Å²) in [5.41, 5.74) is 3.26. The van der Waals surface area contributed by atoms with Gasteiger partial charge in [0.25, 0.3) is 10.0 Å². The third-order valence-corrected chi connectivity index (χ3v) is 8.14. The molecule has 1 N–H and O–H groups in total. The molecular weight excluding hydrogens is 462 g/mol. The van der Waals surface area contributed by atoms with Crippen molar-refractivity contribution < 1.29 is 17.9 Å². The lowest BCUT2D eigenvalue weighted by Crippen LogP contribution is -2.48. The Labute approximate surface area is 206 Å². The Bertz CT molecular complexity index is 1330. The minimum absolute atomic E-state index is 0.102. The summed E-state index contributed by atoms with van der Waals surface area (Å²) < 4.78 is 33.7. The van der Waals surface area contributed by atoms with E-state index in [1.807, 2.05) is 29.2 Å². The number of amides is 1. The highest BCUT2D eigenvalue weighted by Gasteiger charge is 2.36. The topological polar surface area (TPSA) is 79.0 Å². The number of rotatable bonds is 6. The van der Waals surface area contributed by atoms with Gasteiger partial charge in [0.15, 0.2) is 0 Å². The predicted molar refractivity (Wildman–Crippen MR) is 136 cm³/mol. The van der Waals surface area contributed by atoms with Crippen LogP contribution in [0.2, 0.25) is 0 Å². The first kappa shape index (κ1) is 23.4. The number of para-hydroxylation sites is 1. The zero-order valence-corrected chi connectivity index (χ0v) is 20.5. The fraction of sp³-hybridized carbons (Fsp3) is 0.296. The molecule has 1 atom stereocenters. The lowest BCUT2D eigenvalue weighted by molar-refractivity contribution is -0.125. The van der Waals surface area contributed by atoms with E-state index in [0.29, 0.717) is 18.0 Å². The molecule has 3 aromatic carbocycles. The Morgan fingerprint density at radius 2 is 1.77 bits per heavy atom. The predicted octanol–water partition coefficient (Wildman–Crippen LogP) is 4.40. The van der Waals surface area contributed by atoms with Crippen LogP contribution < -0.4 is 14.4 Å². The van der Waals surface area contributed by atoms with Crippen LogP contribution in [0.25, 0.3) is 0 Å². The molecule has 2 aliphatic heterocycles. The largest absolute Gasteiger partial charge is 0.496 e. The van der Waals surface area contributed by atoms with Gasteiger partial charge in [-0.15, -0.1) is 0 Å². The van der Waals surface area contributed by atoms with Crippen LogP contribution in [0, 0.1) is 0 Å². The number of carbonyl (C=O) groups is 1. The number of carbonyl (C=O) groups excluding carboxylic acids is 1. The highest BCUT2D eigenvalue weighted by molar-refractivity contribution is 7.92. The quantitative estimate of drug-likeness (QED) is 0.553. The molecule has 182 valence electrons. The van der Waals surface area contributed by atoms with Gasteiger partial charge in [-0.3, -0.25) is 14.4 Å². The van der Waals surface area contributed by atoms with E-state index in [2.05, 4.69) is 15.7 Å². The van der Waals surface area contributed by atoms with Gasteiger partial charge in [-0.2, -0.15) is 0 Å². The van der Waals surface area contributed by atoms with Crippen LogP contribution in [0.3, 0.4) is 0 Å². The van der Waals surface area contributed by atoms with Crippen LogP contribution >= 0.6 is 0 Å². The Balaban J connectivity index is 1.45. The summed E-state index contributed by atoms with van der Waals surface area (Å²) in [5.74, 6) is 0.624. The van der Waals surface area contributed by atoms with Gasteiger partial charge in [0.1, 0.15) is 5.75 Å². The Morgan fingerprint density at radius 1 is 1.00 bits per heavy atom. The standard InChI is InChI=1S/C27H29N3O4S/c1-34-26-17-22(28-35(32,33)23-10-3-2-4-11-23)15-14-21(26)19-30-24-12-6-5-9-20(24)18-29-16-8-7-13-25(29)27(30)31/h2-6,9-12,14-15,17,25,28H,7-8,13,16,18-19H2,1H3/t25-/m0/s1. The SMILES string of the molecule is COc1cc(NS(=O)(=O)c2ccccc2)ccc1CN1C(=O)[C@@H]2CCCCN2Cc2ccccc21. The lowest BCUT2D eigenvalue weighted by atomic mass is 10.0. The van der Waals surface area contributed by atoms with Gasteiger partial charge in [-0.25, -0.2) is 8.42 Å². The second-order valence-electron chi connectivity index (χ2n) is 8.98. The summed E-state index contributed by atoms with van der Waals surface area (Å²) >= 11 is 0. The van der Waals surface area contributed by atoms with Crippen LogP contribution in [0.15, 0.2) is 77.7 Å². The number of nitrogens with one attached hydrogen (secondary N) is 1. The minimum Gasteiger partial charge on any atom is -0.496 e. The zero-order chi connectivity index (χ0) is 24.4. The van der Waals surface area contributed by atoms with E-state index in [1.54, 1.807) is 49.6 Å². The molecule has 0 unspecified atom stereocenters. The molecule has 1 fully saturated rings. The number of ether oxygens (including phenoxy) is 1. The van der Waals surface area contributed by atoms with Crippen LogP contribution in [-0.4, -0.2) is 38.9 Å². The van der Waals surface area contributed by atoms with Crippen LogP contribution in [0.4, 0.5) is 11.4 Å². The highest BCUT2D eigenvalue weighted by atomic mass is 32.2. The van der Waals surface area contributed by atoms with E-state index in [1.165, 1.54) is 0 Å².